The Morgan fingerprint density at radius 3 is 2.53 bits per heavy atom. The van der Waals surface area contributed by atoms with Crippen LogP contribution in [-0.2, 0) is 0 Å². The second kappa shape index (κ2) is 6.53. The zero-order valence-electron chi connectivity index (χ0n) is 15.9. The van der Waals surface area contributed by atoms with Crippen LogP contribution in [0.25, 0.3) is 55.0 Å². The number of pyridine rings is 2. The van der Waals surface area contributed by atoms with Gasteiger partial charge in [0.2, 0.25) is 0 Å². The summed E-state index contributed by atoms with van der Waals surface area (Å²) < 4.78 is 7.26. The second-order valence-electron chi connectivity index (χ2n) is 7.36. The first-order valence-electron chi connectivity index (χ1n) is 9.57. The topological polar surface area (TPSA) is 38.9 Å². The van der Waals surface area contributed by atoms with Crippen molar-refractivity contribution in [3.63, 3.8) is 0 Å². The first kappa shape index (κ1) is 17.9. The molecule has 5 heteroatoms. The largest absolute Gasteiger partial charge is 0.452 e. The van der Waals surface area contributed by atoms with Gasteiger partial charge in [-0.05, 0) is 48.9 Å². The third-order valence-corrected chi connectivity index (χ3v) is 6.22. The highest BCUT2D eigenvalue weighted by Crippen LogP contribution is 2.41. The van der Waals surface area contributed by atoms with Crippen LogP contribution in [0.5, 0.6) is 0 Å². The molecule has 0 aliphatic carbocycles. The zero-order chi connectivity index (χ0) is 20.4. The lowest BCUT2D eigenvalue weighted by Crippen LogP contribution is -1.94. The van der Waals surface area contributed by atoms with Gasteiger partial charge in [-0.15, -0.1) is 0 Å². The van der Waals surface area contributed by atoms with Crippen LogP contribution in [0.1, 0.15) is 5.69 Å². The number of benzene rings is 3. The van der Waals surface area contributed by atoms with Gasteiger partial charge in [0.1, 0.15) is 16.6 Å². The molecule has 3 heterocycles. The number of halogens is 2. The van der Waals surface area contributed by atoms with Crippen LogP contribution in [0.15, 0.2) is 75.6 Å². The van der Waals surface area contributed by atoms with Gasteiger partial charge in [0.25, 0.3) is 0 Å². The third-order valence-electron chi connectivity index (χ3n) is 5.49. The Bertz CT molecular complexity index is 1620. The number of fused-ring (bicyclic) bond motifs is 6. The lowest BCUT2D eigenvalue weighted by molar-refractivity contribution is 0.671. The van der Waals surface area contributed by atoms with Gasteiger partial charge in [0, 0.05) is 36.9 Å². The Morgan fingerprint density at radius 2 is 1.70 bits per heavy atom. The summed E-state index contributed by atoms with van der Waals surface area (Å²) in [6.45, 7) is 2.03. The monoisotopic (exact) mass is 472 g/mol. The highest BCUT2D eigenvalue weighted by Gasteiger charge is 2.20. The van der Waals surface area contributed by atoms with Crippen LogP contribution in [0.2, 0.25) is 5.02 Å². The third kappa shape index (κ3) is 2.57. The maximum absolute atomic E-state index is 6.37. The summed E-state index contributed by atoms with van der Waals surface area (Å²) in [6, 6.07) is 22.1. The molecule has 6 aromatic rings. The molecule has 0 saturated heterocycles. The Labute approximate surface area is 185 Å². The van der Waals surface area contributed by atoms with Crippen molar-refractivity contribution in [3.05, 3.63) is 81.9 Å². The molecule has 0 atom stereocenters. The van der Waals surface area contributed by atoms with E-state index >= 15 is 0 Å². The predicted molar refractivity (Wildman–Crippen MR) is 127 cm³/mol. The maximum atomic E-state index is 6.37. The molecule has 0 radical (unpaired) electrons. The number of rotatable bonds is 1. The standard InChI is InChI=1S/C25H14BrClN2O/c1-13-21-22(14-5-3-2-4-6-14)17-12-16(27)8-9-19(17)29-24(21)25-23(28-13)18-11-15(26)7-10-20(18)30-25/h2-12H,1H3. The zero-order valence-corrected chi connectivity index (χ0v) is 18.3. The Kier molecular flexibility index (Phi) is 3.89. The van der Waals surface area contributed by atoms with Gasteiger partial charge in [-0.2, -0.15) is 0 Å². The van der Waals surface area contributed by atoms with Crippen molar-refractivity contribution in [1.82, 2.24) is 9.97 Å². The fourth-order valence-corrected chi connectivity index (χ4v) is 4.74. The molecule has 0 aliphatic rings. The van der Waals surface area contributed by atoms with Gasteiger partial charge in [-0.25, -0.2) is 9.97 Å². The minimum atomic E-state index is 0.682. The number of aryl methyl sites for hydroxylation is 1. The van der Waals surface area contributed by atoms with E-state index in [1.807, 2.05) is 61.5 Å². The summed E-state index contributed by atoms with van der Waals surface area (Å²) in [6.07, 6.45) is 0. The van der Waals surface area contributed by atoms with Crippen LogP contribution >= 0.6 is 27.5 Å². The smallest absolute Gasteiger partial charge is 0.180 e. The van der Waals surface area contributed by atoms with E-state index in [1.54, 1.807) is 0 Å². The molecule has 0 N–H and O–H groups in total. The van der Waals surface area contributed by atoms with Crippen molar-refractivity contribution in [3.8, 4) is 11.1 Å². The summed E-state index contributed by atoms with van der Waals surface area (Å²) in [7, 11) is 0. The number of aromatic nitrogens is 2. The lowest BCUT2D eigenvalue weighted by atomic mass is 9.95. The van der Waals surface area contributed by atoms with Crippen molar-refractivity contribution in [2.24, 2.45) is 0 Å². The summed E-state index contributed by atoms with van der Waals surface area (Å²) in [5.41, 5.74) is 7.11. The molecule has 0 saturated carbocycles. The molecule has 0 bridgehead atoms. The SMILES string of the molecule is Cc1nc2c3cc(Br)ccc3oc2c2nc3ccc(Cl)cc3c(-c3ccccc3)c12. The van der Waals surface area contributed by atoms with Crippen LogP contribution in [-0.4, -0.2) is 9.97 Å². The number of hydrogen-bond donors (Lipinski definition) is 0. The van der Waals surface area contributed by atoms with Crippen LogP contribution in [0, 0.1) is 6.92 Å². The van der Waals surface area contributed by atoms with E-state index < -0.39 is 0 Å². The van der Waals surface area contributed by atoms with Crippen LogP contribution < -0.4 is 0 Å². The molecule has 0 amide bonds. The molecule has 0 fully saturated rings. The van der Waals surface area contributed by atoms with Crippen LogP contribution in [0.4, 0.5) is 0 Å². The average molecular weight is 474 g/mol. The quantitative estimate of drug-likeness (QED) is 0.227. The molecule has 0 aliphatic heterocycles. The molecule has 0 unspecified atom stereocenters. The fourth-order valence-electron chi connectivity index (χ4n) is 4.21. The lowest BCUT2D eigenvalue weighted by Gasteiger charge is -2.13. The Morgan fingerprint density at radius 1 is 0.867 bits per heavy atom. The van der Waals surface area contributed by atoms with Crippen molar-refractivity contribution in [2.45, 2.75) is 6.92 Å². The normalized spacial score (nSPS) is 11.8. The highest BCUT2D eigenvalue weighted by atomic mass is 79.9. The van der Waals surface area contributed by atoms with Gasteiger partial charge < -0.3 is 4.42 Å². The van der Waals surface area contributed by atoms with Gasteiger partial charge in [-0.3, -0.25) is 0 Å². The van der Waals surface area contributed by atoms with E-state index in [0.29, 0.717) is 10.6 Å². The predicted octanol–water partition coefficient (Wildman–Crippen LogP) is 8.07. The summed E-state index contributed by atoms with van der Waals surface area (Å²) >= 11 is 9.92. The maximum Gasteiger partial charge on any atom is 0.180 e. The molecule has 3 nitrogen and oxygen atoms in total. The Hall–Kier alpha value is -2.95. The van der Waals surface area contributed by atoms with Crippen molar-refractivity contribution in [1.29, 1.82) is 0 Å². The first-order chi connectivity index (χ1) is 14.6. The minimum absolute atomic E-state index is 0.682. The van der Waals surface area contributed by atoms with Gasteiger partial charge in [-0.1, -0.05) is 57.9 Å². The van der Waals surface area contributed by atoms with Crippen molar-refractivity contribution >= 4 is 71.4 Å². The molecular weight excluding hydrogens is 460 g/mol. The van der Waals surface area contributed by atoms with E-state index in [2.05, 4.69) is 28.1 Å². The minimum Gasteiger partial charge on any atom is -0.452 e. The molecule has 3 aromatic carbocycles. The van der Waals surface area contributed by atoms with Crippen molar-refractivity contribution < 1.29 is 4.42 Å². The van der Waals surface area contributed by atoms with E-state index in [-0.39, 0.29) is 0 Å². The summed E-state index contributed by atoms with van der Waals surface area (Å²) in [5, 5.41) is 3.65. The summed E-state index contributed by atoms with van der Waals surface area (Å²) in [5.74, 6) is 0. The van der Waals surface area contributed by atoms with Gasteiger partial charge in [0.05, 0.1) is 5.52 Å². The average Bonchev–Trinajstić information content (AvgIpc) is 3.11. The van der Waals surface area contributed by atoms with Gasteiger partial charge >= 0.3 is 0 Å². The van der Waals surface area contributed by atoms with Gasteiger partial charge in [0.15, 0.2) is 5.58 Å². The van der Waals surface area contributed by atoms with E-state index in [9.17, 15) is 0 Å². The molecular formula is C25H14BrClN2O. The molecule has 3 aromatic heterocycles. The molecule has 30 heavy (non-hydrogen) atoms. The van der Waals surface area contributed by atoms with Crippen LogP contribution in [0.3, 0.4) is 0 Å². The molecule has 144 valence electrons. The summed E-state index contributed by atoms with van der Waals surface area (Å²) in [4.78, 5) is 9.97. The Balaban J connectivity index is 1.89. The fraction of sp³-hybridized carbons (Fsp3) is 0.0400. The molecule has 6 rings (SSSR count). The second-order valence-corrected chi connectivity index (χ2v) is 8.71. The van der Waals surface area contributed by atoms with E-state index in [0.717, 1.165) is 59.6 Å². The van der Waals surface area contributed by atoms with E-state index in [4.69, 9.17) is 26.0 Å². The molecule has 0 spiro atoms. The number of nitrogens with zero attached hydrogens (tertiary/aromatic N) is 2. The first-order valence-corrected chi connectivity index (χ1v) is 10.7. The number of furan rings is 1. The van der Waals surface area contributed by atoms with Crippen molar-refractivity contribution in [2.75, 3.05) is 0 Å². The highest BCUT2D eigenvalue weighted by molar-refractivity contribution is 9.10. The van der Waals surface area contributed by atoms with E-state index in [1.165, 1.54) is 0 Å². The number of hydrogen-bond acceptors (Lipinski definition) is 3.